The van der Waals surface area contributed by atoms with Crippen molar-refractivity contribution in [2.24, 2.45) is 5.73 Å². The van der Waals surface area contributed by atoms with E-state index in [0.717, 1.165) is 0 Å². The monoisotopic (exact) mass is 360 g/mol. The summed E-state index contributed by atoms with van der Waals surface area (Å²) in [4.78, 5) is 10.7. The first-order valence-electron chi connectivity index (χ1n) is 5.42. The summed E-state index contributed by atoms with van der Waals surface area (Å²) in [5.74, 6) is 4.25. The lowest BCUT2D eigenvalue weighted by molar-refractivity contribution is -0.119. The van der Waals surface area contributed by atoms with Crippen molar-refractivity contribution in [3.8, 4) is 17.6 Å². The zero-order chi connectivity index (χ0) is 15.2. The van der Waals surface area contributed by atoms with E-state index in [1.807, 2.05) is 0 Å². The number of halogens is 1. The van der Waals surface area contributed by atoms with E-state index >= 15 is 0 Å². The van der Waals surface area contributed by atoms with Crippen LogP contribution in [0.4, 0.5) is 5.69 Å². The molecule has 0 spiro atoms. The fourth-order valence-electron chi connectivity index (χ4n) is 1.26. The molecule has 0 heterocycles. The second-order valence-corrected chi connectivity index (χ2v) is 6.25. The zero-order valence-corrected chi connectivity index (χ0v) is 12.8. The second-order valence-electron chi connectivity index (χ2n) is 3.70. The van der Waals surface area contributed by atoms with Gasteiger partial charge in [-0.3, -0.25) is 4.79 Å². The number of rotatable bonds is 5. The predicted octanol–water partition coefficient (Wildman–Crippen LogP) is 0.305. The number of primary amides is 1. The third-order valence-electron chi connectivity index (χ3n) is 2.17. The highest BCUT2D eigenvalue weighted by Gasteiger charge is 2.15. The fourth-order valence-corrected chi connectivity index (χ4v) is 2.48. The maximum atomic E-state index is 12.0. The van der Waals surface area contributed by atoms with Crippen LogP contribution in [0.5, 0.6) is 5.75 Å². The highest BCUT2D eigenvalue weighted by Crippen LogP contribution is 2.25. The van der Waals surface area contributed by atoms with Crippen LogP contribution in [0.2, 0.25) is 0 Å². The van der Waals surface area contributed by atoms with Crippen LogP contribution in [-0.4, -0.2) is 32.0 Å². The summed E-state index contributed by atoms with van der Waals surface area (Å²) in [6.07, 6.45) is 0. The first-order chi connectivity index (χ1) is 9.36. The van der Waals surface area contributed by atoms with Crippen LogP contribution in [-0.2, 0) is 14.6 Å². The smallest absolute Gasteiger partial charge is 0.255 e. The Morgan fingerprint density at radius 2 is 2.05 bits per heavy atom. The van der Waals surface area contributed by atoms with Crippen molar-refractivity contribution >= 4 is 37.4 Å². The SMILES string of the molecule is NC(=O)COc1cc(S(=O)(=O)CC#CCBr)ccc1N. The number of hydrogen-bond donors (Lipinski definition) is 2. The molecule has 0 saturated heterocycles. The Balaban J connectivity index is 3.02. The Labute approximate surface area is 125 Å². The molecule has 1 rings (SSSR count). The molecule has 4 N–H and O–H groups in total. The van der Waals surface area contributed by atoms with E-state index in [0.29, 0.717) is 5.33 Å². The van der Waals surface area contributed by atoms with E-state index in [2.05, 4.69) is 27.8 Å². The van der Waals surface area contributed by atoms with Gasteiger partial charge < -0.3 is 16.2 Å². The zero-order valence-electron chi connectivity index (χ0n) is 10.4. The molecule has 0 bridgehead atoms. The largest absolute Gasteiger partial charge is 0.482 e. The number of nitrogen functional groups attached to an aromatic ring is 1. The third-order valence-corrected chi connectivity index (χ3v) is 3.94. The number of nitrogens with two attached hydrogens (primary N) is 2. The summed E-state index contributed by atoms with van der Waals surface area (Å²) in [6, 6.07) is 4.00. The standard InChI is InChI=1S/C12H13BrN2O4S/c13-5-1-2-6-20(17,18)9-3-4-10(14)11(7-9)19-8-12(15)16/h3-4,7H,5-6,8,14H2,(H2,15,16). The first-order valence-corrected chi connectivity index (χ1v) is 8.19. The molecule has 108 valence electrons. The summed E-state index contributed by atoms with van der Waals surface area (Å²) >= 11 is 3.08. The molecule has 1 aromatic rings. The molecule has 20 heavy (non-hydrogen) atoms. The molecule has 8 heteroatoms. The molecule has 1 amide bonds. The molecule has 0 saturated carbocycles. The Morgan fingerprint density at radius 3 is 2.65 bits per heavy atom. The number of anilines is 1. The van der Waals surface area contributed by atoms with Crippen molar-refractivity contribution in [3.05, 3.63) is 18.2 Å². The van der Waals surface area contributed by atoms with E-state index in [4.69, 9.17) is 16.2 Å². The molecule has 0 unspecified atom stereocenters. The van der Waals surface area contributed by atoms with Crippen LogP contribution in [0, 0.1) is 11.8 Å². The summed E-state index contributed by atoms with van der Waals surface area (Å²) in [5, 5.41) is 0.400. The van der Waals surface area contributed by atoms with Crippen LogP contribution in [0.15, 0.2) is 23.1 Å². The third kappa shape index (κ3) is 4.75. The van der Waals surface area contributed by atoms with Gasteiger partial charge in [0.25, 0.3) is 5.91 Å². The maximum absolute atomic E-state index is 12.0. The minimum absolute atomic E-state index is 0.0232. The minimum Gasteiger partial charge on any atom is -0.482 e. The van der Waals surface area contributed by atoms with Crippen LogP contribution in [0.3, 0.4) is 0 Å². The van der Waals surface area contributed by atoms with Crippen molar-refractivity contribution in [2.45, 2.75) is 4.90 Å². The Morgan fingerprint density at radius 1 is 1.35 bits per heavy atom. The summed E-state index contributed by atoms with van der Waals surface area (Å²) in [5.41, 5.74) is 10.8. The van der Waals surface area contributed by atoms with Crippen LogP contribution in [0.25, 0.3) is 0 Å². The molecule has 6 nitrogen and oxygen atoms in total. The molecule has 0 atom stereocenters. The second kappa shape index (κ2) is 7.17. The van der Waals surface area contributed by atoms with Gasteiger partial charge in [0.05, 0.1) is 15.9 Å². The Kier molecular flexibility index (Phi) is 5.85. The van der Waals surface area contributed by atoms with Gasteiger partial charge in [0.1, 0.15) is 11.5 Å². The Bertz CT molecular complexity index is 662. The lowest BCUT2D eigenvalue weighted by Gasteiger charge is -2.09. The van der Waals surface area contributed by atoms with Crippen molar-refractivity contribution in [3.63, 3.8) is 0 Å². The maximum Gasteiger partial charge on any atom is 0.255 e. The van der Waals surface area contributed by atoms with Gasteiger partial charge in [-0.1, -0.05) is 27.8 Å². The average Bonchev–Trinajstić information content (AvgIpc) is 2.37. The van der Waals surface area contributed by atoms with Gasteiger partial charge in [0, 0.05) is 6.07 Å². The molecule has 0 aliphatic rings. The summed E-state index contributed by atoms with van der Waals surface area (Å²) in [6.45, 7) is -0.378. The van der Waals surface area contributed by atoms with Crippen molar-refractivity contribution < 1.29 is 17.9 Å². The highest BCUT2D eigenvalue weighted by atomic mass is 79.9. The van der Waals surface area contributed by atoms with Crippen LogP contribution in [0.1, 0.15) is 0 Å². The normalized spacial score (nSPS) is 10.4. The van der Waals surface area contributed by atoms with Gasteiger partial charge in [-0.15, -0.1) is 0 Å². The molecule has 0 aliphatic carbocycles. The molecular weight excluding hydrogens is 348 g/mol. The fraction of sp³-hybridized carbons (Fsp3) is 0.250. The molecular formula is C12H13BrN2O4S. The van der Waals surface area contributed by atoms with Crippen LogP contribution >= 0.6 is 15.9 Å². The Hall–Kier alpha value is -1.72. The lowest BCUT2D eigenvalue weighted by Crippen LogP contribution is -2.20. The highest BCUT2D eigenvalue weighted by molar-refractivity contribution is 9.09. The molecule has 0 radical (unpaired) electrons. The van der Waals surface area contributed by atoms with E-state index in [-0.39, 0.29) is 28.7 Å². The molecule has 0 fully saturated rings. The molecule has 0 aromatic heterocycles. The summed E-state index contributed by atoms with van der Waals surface area (Å²) in [7, 11) is -3.56. The summed E-state index contributed by atoms with van der Waals surface area (Å²) < 4.78 is 29.1. The predicted molar refractivity (Wildman–Crippen MR) is 79.2 cm³/mol. The van der Waals surface area contributed by atoms with Crippen LogP contribution < -0.4 is 16.2 Å². The van der Waals surface area contributed by atoms with E-state index < -0.39 is 15.7 Å². The number of amides is 1. The van der Waals surface area contributed by atoms with Gasteiger partial charge >= 0.3 is 0 Å². The lowest BCUT2D eigenvalue weighted by atomic mass is 10.3. The van der Waals surface area contributed by atoms with Gasteiger partial charge in [-0.25, -0.2) is 8.42 Å². The van der Waals surface area contributed by atoms with Crippen molar-refractivity contribution in [1.82, 2.24) is 0 Å². The van der Waals surface area contributed by atoms with Gasteiger partial charge in [-0.05, 0) is 12.1 Å². The van der Waals surface area contributed by atoms with E-state index in [9.17, 15) is 13.2 Å². The number of benzene rings is 1. The number of ether oxygens (including phenoxy) is 1. The minimum atomic E-state index is -3.56. The number of carbonyl (C=O) groups is 1. The quantitative estimate of drug-likeness (QED) is 0.445. The molecule has 1 aromatic carbocycles. The number of hydrogen-bond acceptors (Lipinski definition) is 5. The number of alkyl halides is 1. The van der Waals surface area contributed by atoms with E-state index in [1.165, 1.54) is 18.2 Å². The van der Waals surface area contributed by atoms with Crippen molar-refractivity contribution in [1.29, 1.82) is 0 Å². The first kappa shape index (κ1) is 16.3. The number of sulfone groups is 1. The van der Waals surface area contributed by atoms with Crippen molar-refractivity contribution in [2.75, 3.05) is 23.4 Å². The number of carbonyl (C=O) groups excluding carboxylic acids is 1. The van der Waals surface area contributed by atoms with Gasteiger partial charge in [0.2, 0.25) is 0 Å². The van der Waals surface area contributed by atoms with Gasteiger partial charge in [0.15, 0.2) is 16.4 Å². The molecule has 0 aliphatic heterocycles. The average molecular weight is 361 g/mol. The van der Waals surface area contributed by atoms with E-state index in [1.54, 1.807) is 0 Å². The topological polar surface area (TPSA) is 112 Å². The van der Waals surface area contributed by atoms with Gasteiger partial charge in [-0.2, -0.15) is 0 Å².